The molecule has 1 aliphatic rings. The van der Waals surface area contributed by atoms with Crippen LogP contribution in [0.15, 0.2) is 48.5 Å². The Morgan fingerprint density at radius 1 is 1.00 bits per heavy atom. The number of aromatic carboxylic acids is 1. The third-order valence-corrected chi connectivity index (χ3v) is 3.72. The molecule has 0 aromatic heterocycles. The summed E-state index contributed by atoms with van der Waals surface area (Å²) >= 11 is 0. The van der Waals surface area contributed by atoms with Gasteiger partial charge in [-0.3, -0.25) is 0 Å². The zero-order chi connectivity index (χ0) is 15.0. The van der Waals surface area contributed by atoms with Gasteiger partial charge in [0.15, 0.2) is 0 Å². The third-order valence-electron chi connectivity index (χ3n) is 3.72. The molecule has 0 bridgehead atoms. The van der Waals surface area contributed by atoms with Crippen molar-refractivity contribution in [1.29, 1.82) is 0 Å². The SMILES string of the molecule is O=C(O)c1cccc(CN2C(O)c3ccccc3C2O)c1. The van der Waals surface area contributed by atoms with Gasteiger partial charge in [0.05, 0.1) is 5.56 Å². The molecule has 1 aliphatic heterocycles. The lowest BCUT2D eigenvalue weighted by atomic mass is 10.1. The maximum Gasteiger partial charge on any atom is 0.335 e. The van der Waals surface area contributed by atoms with E-state index in [1.165, 1.54) is 11.0 Å². The number of fused-ring (bicyclic) bond motifs is 1. The van der Waals surface area contributed by atoms with E-state index in [2.05, 4.69) is 0 Å². The van der Waals surface area contributed by atoms with Crippen molar-refractivity contribution < 1.29 is 20.1 Å². The molecule has 0 aliphatic carbocycles. The minimum Gasteiger partial charge on any atom is -0.478 e. The molecule has 108 valence electrons. The minimum absolute atomic E-state index is 0.188. The molecule has 1 heterocycles. The molecule has 5 nitrogen and oxygen atoms in total. The van der Waals surface area contributed by atoms with E-state index in [-0.39, 0.29) is 12.1 Å². The Morgan fingerprint density at radius 3 is 2.19 bits per heavy atom. The van der Waals surface area contributed by atoms with Gasteiger partial charge >= 0.3 is 5.97 Å². The second-order valence-corrected chi connectivity index (χ2v) is 5.05. The predicted octanol–water partition coefficient (Wildman–Crippen LogP) is 1.88. The first kappa shape index (κ1) is 13.8. The van der Waals surface area contributed by atoms with Gasteiger partial charge in [-0.25, -0.2) is 9.69 Å². The molecule has 5 heteroatoms. The number of carbonyl (C=O) groups is 1. The lowest BCUT2D eigenvalue weighted by Gasteiger charge is -2.24. The average molecular weight is 285 g/mol. The Labute approximate surface area is 121 Å². The van der Waals surface area contributed by atoms with Gasteiger partial charge in [-0.15, -0.1) is 0 Å². The van der Waals surface area contributed by atoms with Crippen LogP contribution < -0.4 is 0 Å². The van der Waals surface area contributed by atoms with Crippen LogP contribution in [0.3, 0.4) is 0 Å². The normalized spacial score (nSPS) is 21.2. The summed E-state index contributed by atoms with van der Waals surface area (Å²) in [5, 5.41) is 29.6. The molecule has 3 N–H and O–H groups in total. The van der Waals surface area contributed by atoms with Crippen LogP contribution in [-0.4, -0.2) is 26.2 Å². The van der Waals surface area contributed by atoms with Gasteiger partial charge in [0.2, 0.25) is 0 Å². The summed E-state index contributed by atoms with van der Waals surface area (Å²) in [6.45, 7) is 0.262. The highest BCUT2D eigenvalue weighted by atomic mass is 16.4. The van der Waals surface area contributed by atoms with Gasteiger partial charge in [-0.2, -0.15) is 0 Å². The zero-order valence-corrected chi connectivity index (χ0v) is 11.2. The summed E-state index contributed by atoms with van der Waals surface area (Å²) in [7, 11) is 0. The summed E-state index contributed by atoms with van der Waals surface area (Å²) < 4.78 is 0. The Balaban J connectivity index is 1.87. The molecule has 0 fully saturated rings. The maximum atomic E-state index is 11.0. The largest absolute Gasteiger partial charge is 0.478 e. The second kappa shape index (κ2) is 5.29. The number of benzene rings is 2. The molecule has 2 aromatic carbocycles. The number of nitrogens with zero attached hydrogens (tertiary/aromatic N) is 1. The maximum absolute atomic E-state index is 11.0. The summed E-state index contributed by atoms with van der Waals surface area (Å²) in [5.41, 5.74) is 2.27. The van der Waals surface area contributed by atoms with Crippen LogP contribution >= 0.6 is 0 Å². The summed E-state index contributed by atoms with van der Waals surface area (Å²) in [6.07, 6.45) is -1.80. The van der Waals surface area contributed by atoms with E-state index < -0.39 is 18.4 Å². The minimum atomic E-state index is -0.998. The van der Waals surface area contributed by atoms with Gasteiger partial charge in [-0.1, -0.05) is 36.4 Å². The predicted molar refractivity (Wildman–Crippen MR) is 75.3 cm³/mol. The van der Waals surface area contributed by atoms with Crippen molar-refractivity contribution in [1.82, 2.24) is 4.90 Å². The quantitative estimate of drug-likeness (QED) is 0.802. The van der Waals surface area contributed by atoms with Crippen molar-refractivity contribution in [2.24, 2.45) is 0 Å². The second-order valence-electron chi connectivity index (χ2n) is 5.05. The van der Waals surface area contributed by atoms with E-state index in [4.69, 9.17) is 5.11 Å². The van der Waals surface area contributed by atoms with Gasteiger partial charge in [0.25, 0.3) is 0 Å². The molecule has 2 unspecified atom stereocenters. The van der Waals surface area contributed by atoms with Crippen LogP contribution in [0.4, 0.5) is 0 Å². The van der Waals surface area contributed by atoms with E-state index in [0.29, 0.717) is 11.1 Å². The number of aliphatic hydroxyl groups is 2. The fourth-order valence-electron chi connectivity index (χ4n) is 2.66. The molecule has 0 saturated heterocycles. The molecule has 2 atom stereocenters. The van der Waals surface area contributed by atoms with Crippen molar-refractivity contribution in [2.45, 2.75) is 19.0 Å². The molecule has 0 spiro atoms. The average Bonchev–Trinajstić information content (AvgIpc) is 2.73. The molecular formula is C16H15NO4. The van der Waals surface area contributed by atoms with Crippen LogP contribution in [0.25, 0.3) is 0 Å². The summed E-state index contributed by atoms with van der Waals surface area (Å²) in [5.74, 6) is -0.998. The molecule has 0 radical (unpaired) electrons. The summed E-state index contributed by atoms with van der Waals surface area (Å²) in [6, 6.07) is 13.7. The lowest BCUT2D eigenvalue weighted by molar-refractivity contribution is -0.0902. The Kier molecular flexibility index (Phi) is 3.47. The molecule has 3 rings (SSSR count). The molecule has 0 amide bonds. The molecular weight excluding hydrogens is 270 g/mol. The van der Waals surface area contributed by atoms with Crippen LogP contribution in [0, 0.1) is 0 Å². The van der Waals surface area contributed by atoms with Crippen LogP contribution in [0.5, 0.6) is 0 Å². The monoisotopic (exact) mass is 285 g/mol. The van der Waals surface area contributed by atoms with E-state index >= 15 is 0 Å². The van der Waals surface area contributed by atoms with Crippen molar-refractivity contribution >= 4 is 5.97 Å². The van der Waals surface area contributed by atoms with E-state index in [0.717, 1.165) is 5.56 Å². The highest BCUT2D eigenvalue weighted by molar-refractivity contribution is 5.87. The van der Waals surface area contributed by atoms with Crippen molar-refractivity contribution in [3.8, 4) is 0 Å². The lowest BCUT2D eigenvalue weighted by Crippen LogP contribution is -2.25. The van der Waals surface area contributed by atoms with Crippen molar-refractivity contribution in [2.75, 3.05) is 0 Å². The van der Waals surface area contributed by atoms with E-state index in [9.17, 15) is 15.0 Å². The fourth-order valence-corrected chi connectivity index (χ4v) is 2.66. The first-order valence-electron chi connectivity index (χ1n) is 6.61. The Bertz CT molecular complexity index is 656. The van der Waals surface area contributed by atoms with E-state index in [1.54, 1.807) is 30.3 Å². The first-order chi connectivity index (χ1) is 10.1. The van der Waals surface area contributed by atoms with Crippen molar-refractivity contribution in [3.05, 3.63) is 70.8 Å². The van der Waals surface area contributed by atoms with Gasteiger partial charge < -0.3 is 15.3 Å². The Hall–Kier alpha value is -2.21. The number of hydrogen-bond acceptors (Lipinski definition) is 4. The van der Waals surface area contributed by atoms with Gasteiger partial charge in [0, 0.05) is 17.7 Å². The summed E-state index contributed by atoms with van der Waals surface area (Å²) in [4.78, 5) is 12.5. The zero-order valence-electron chi connectivity index (χ0n) is 11.2. The van der Waals surface area contributed by atoms with E-state index in [1.807, 2.05) is 12.1 Å². The van der Waals surface area contributed by atoms with Gasteiger partial charge in [-0.05, 0) is 17.7 Å². The molecule has 21 heavy (non-hydrogen) atoms. The van der Waals surface area contributed by atoms with Crippen molar-refractivity contribution in [3.63, 3.8) is 0 Å². The highest BCUT2D eigenvalue weighted by Gasteiger charge is 2.35. The number of aliphatic hydroxyl groups excluding tert-OH is 2. The number of carboxylic acid groups (broad SMARTS) is 1. The fraction of sp³-hybridized carbons (Fsp3) is 0.188. The number of carboxylic acids is 1. The number of hydrogen-bond donors (Lipinski definition) is 3. The number of rotatable bonds is 3. The van der Waals surface area contributed by atoms with Crippen LogP contribution in [0.2, 0.25) is 0 Å². The smallest absolute Gasteiger partial charge is 0.335 e. The highest BCUT2D eigenvalue weighted by Crippen LogP contribution is 2.39. The Morgan fingerprint density at radius 2 is 1.62 bits per heavy atom. The van der Waals surface area contributed by atoms with Crippen LogP contribution in [-0.2, 0) is 6.54 Å². The standard InChI is InChI=1S/C16H15NO4/c18-14-12-6-1-2-7-13(12)15(19)17(14)9-10-4-3-5-11(8-10)16(20)21/h1-8,14-15,18-19H,9H2,(H,20,21). The molecule has 2 aromatic rings. The third kappa shape index (κ3) is 2.42. The van der Waals surface area contributed by atoms with Crippen LogP contribution in [0.1, 0.15) is 39.5 Å². The molecule has 0 saturated carbocycles. The van der Waals surface area contributed by atoms with Gasteiger partial charge in [0.1, 0.15) is 12.5 Å². The topological polar surface area (TPSA) is 81.0 Å². The first-order valence-corrected chi connectivity index (χ1v) is 6.61.